The SMILES string of the molecule is CCc1cccc(CN(CC(O)C(N)Cc2cc(F)cc(F)c2)C(=O)CCCCn2cccn2)c1. The second-order valence-corrected chi connectivity index (χ2v) is 8.89. The first-order chi connectivity index (χ1) is 16.8. The van der Waals surface area contributed by atoms with Gasteiger partial charge in [0.1, 0.15) is 11.6 Å². The lowest BCUT2D eigenvalue weighted by molar-refractivity contribution is -0.133. The fourth-order valence-corrected chi connectivity index (χ4v) is 4.06. The average Bonchev–Trinajstić information content (AvgIpc) is 3.34. The van der Waals surface area contributed by atoms with Crippen molar-refractivity contribution in [2.75, 3.05) is 6.54 Å². The summed E-state index contributed by atoms with van der Waals surface area (Å²) in [5.74, 6) is -1.45. The highest BCUT2D eigenvalue weighted by molar-refractivity contribution is 5.76. The fraction of sp³-hybridized carbons (Fsp3) is 0.407. The Morgan fingerprint density at radius 3 is 2.51 bits per heavy atom. The van der Waals surface area contributed by atoms with Crippen molar-refractivity contribution in [3.8, 4) is 0 Å². The van der Waals surface area contributed by atoms with Crippen LogP contribution in [0.2, 0.25) is 0 Å². The minimum Gasteiger partial charge on any atom is -0.390 e. The van der Waals surface area contributed by atoms with Gasteiger partial charge in [0.05, 0.1) is 6.10 Å². The molecular formula is C27H34F2N4O2. The predicted molar refractivity (Wildman–Crippen MR) is 131 cm³/mol. The van der Waals surface area contributed by atoms with Gasteiger partial charge in [-0.25, -0.2) is 8.78 Å². The molecule has 0 saturated heterocycles. The second-order valence-electron chi connectivity index (χ2n) is 8.89. The number of amides is 1. The molecule has 2 aromatic carbocycles. The van der Waals surface area contributed by atoms with Crippen LogP contribution in [0.3, 0.4) is 0 Å². The summed E-state index contributed by atoms with van der Waals surface area (Å²) in [4.78, 5) is 14.7. The van der Waals surface area contributed by atoms with Crippen molar-refractivity contribution in [1.29, 1.82) is 0 Å². The molecule has 35 heavy (non-hydrogen) atoms. The predicted octanol–water partition coefficient (Wildman–Crippen LogP) is 3.85. The summed E-state index contributed by atoms with van der Waals surface area (Å²) in [6.07, 6.45) is 5.36. The van der Waals surface area contributed by atoms with Crippen LogP contribution in [0.15, 0.2) is 60.9 Å². The molecule has 3 rings (SSSR count). The zero-order chi connectivity index (χ0) is 25.2. The Labute approximate surface area is 205 Å². The number of hydrogen-bond acceptors (Lipinski definition) is 4. The molecule has 0 saturated carbocycles. The molecule has 188 valence electrons. The van der Waals surface area contributed by atoms with Gasteiger partial charge >= 0.3 is 0 Å². The monoisotopic (exact) mass is 484 g/mol. The molecule has 8 heteroatoms. The third kappa shape index (κ3) is 8.56. The van der Waals surface area contributed by atoms with Gasteiger partial charge < -0.3 is 15.7 Å². The first-order valence-electron chi connectivity index (χ1n) is 12.1. The van der Waals surface area contributed by atoms with E-state index in [-0.39, 0.29) is 18.9 Å². The lowest BCUT2D eigenvalue weighted by Crippen LogP contribution is -2.46. The van der Waals surface area contributed by atoms with Gasteiger partial charge in [-0.3, -0.25) is 9.48 Å². The summed E-state index contributed by atoms with van der Waals surface area (Å²) in [6.45, 7) is 3.19. The minimum atomic E-state index is -1.05. The van der Waals surface area contributed by atoms with Gasteiger partial charge in [0, 0.05) is 50.6 Å². The van der Waals surface area contributed by atoms with Crippen LogP contribution in [0.1, 0.15) is 42.9 Å². The van der Waals surface area contributed by atoms with E-state index in [1.807, 2.05) is 35.1 Å². The van der Waals surface area contributed by atoms with Crippen molar-refractivity contribution >= 4 is 5.91 Å². The van der Waals surface area contributed by atoms with E-state index in [0.29, 0.717) is 24.9 Å². The van der Waals surface area contributed by atoms with Crippen LogP contribution >= 0.6 is 0 Å². The Kier molecular flexibility index (Phi) is 9.93. The Bertz CT molecular complexity index is 1050. The van der Waals surface area contributed by atoms with Crippen molar-refractivity contribution in [3.63, 3.8) is 0 Å². The number of carbonyl (C=O) groups excluding carboxylic acids is 1. The van der Waals surface area contributed by atoms with Gasteiger partial charge in [0.15, 0.2) is 0 Å². The topological polar surface area (TPSA) is 84.4 Å². The van der Waals surface area contributed by atoms with Crippen LogP contribution in [0.25, 0.3) is 0 Å². The highest BCUT2D eigenvalue weighted by Gasteiger charge is 2.23. The van der Waals surface area contributed by atoms with E-state index in [1.165, 1.54) is 17.7 Å². The maximum atomic E-state index is 13.5. The Balaban J connectivity index is 1.63. The molecule has 1 amide bonds. The number of rotatable bonds is 13. The number of aliphatic hydroxyl groups excluding tert-OH is 1. The molecule has 6 nitrogen and oxygen atoms in total. The van der Waals surface area contributed by atoms with Crippen molar-refractivity contribution < 1.29 is 18.7 Å². The standard InChI is InChI=1S/C27H34F2N4O2/c1-2-20-7-5-8-21(13-20)18-32(27(35)9-3-4-11-33-12-6-10-31-33)19-26(34)25(30)16-22-14-23(28)17-24(29)15-22/h5-8,10,12-15,17,25-26,34H,2-4,9,11,16,18-19,30H2,1H3. The molecule has 3 aromatic rings. The third-order valence-electron chi connectivity index (χ3n) is 6.01. The van der Waals surface area contributed by atoms with Crippen LogP contribution in [0.4, 0.5) is 8.78 Å². The van der Waals surface area contributed by atoms with Gasteiger partial charge in [-0.05, 0) is 60.6 Å². The zero-order valence-corrected chi connectivity index (χ0v) is 20.1. The van der Waals surface area contributed by atoms with Crippen molar-refractivity contribution in [1.82, 2.24) is 14.7 Å². The van der Waals surface area contributed by atoms with Crippen molar-refractivity contribution in [2.24, 2.45) is 5.73 Å². The first kappa shape index (κ1) is 26.5. The molecule has 1 aromatic heterocycles. The van der Waals surface area contributed by atoms with Crippen LogP contribution in [-0.4, -0.2) is 44.4 Å². The summed E-state index contributed by atoms with van der Waals surface area (Å²) in [6, 6.07) is 12.3. The number of unbranched alkanes of at least 4 members (excludes halogenated alkanes) is 1. The highest BCUT2D eigenvalue weighted by atomic mass is 19.1. The van der Waals surface area contributed by atoms with Gasteiger partial charge in [0.2, 0.25) is 5.91 Å². The molecule has 0 bridgehead atoms. The van der Waals surface area contributed by atoms with E-state index in [4.69, 9.17) is 5.73 Å². The summed E-state index contributed by atoms with van der Waals surface area (Å²) < 4.78 is 28.9. The summed E-state index contributed by atoms with van der Waals surface area (Å²) in [5, 5.41) is 15.0. The smallest absolute Gasteiger partial charge is 0.222 e. The number of hydrogen-bond donors (Lipinski definition) is 2. The number of aliphatic hydroxyl groups is 1. The molecule has 1 heterocycles. The summed E-state index contributed by atoms with van der Waals surface area (Å²) in [5.41, 5.74) is 8.67. The maximum Gasteiger partial charge on any atom is 0.222 e. The normalized spacial score (nSPS) is 12.9. The lowest BCUT2D eigenvalue weighted by Gasteiger charge is -2.28. The van der Waals surface area contributed by atoms with Crippen LogP contribution < -0.4 is 5.73 Å². The van der Waals surface area contributed by atoms with Crippen LogP contribution in [0.5, 0.6) is 0 Å². The molecule has 0 aliphatic heterocycles. The Morgan fingerprint density at radius 2 is 1.83 bits per heavy atom. The van der Waals surface area contributed by atoms with E-state index < -0.39 is 23.8 Å². The Morgan fingerprint density at radius 1 is 1.09 bits per heavy atom. The zero-order valence-electron chi connectivity index (χ0n) is 20.1. The molecule has 0 aliphatic carbocycles. The number of halogens is 2. The van der Waals surface area contributed by atoms with E-state index in [2.05, 4.69) is 18.1 Å². The van der Waals surface area contributed by atoms with E-state index in [0.717, 1.165) is 31.0 Å². The summed E-state index contributed by atoms with van der Waals surface area (Å²) >= 11 is 0. The molecule has 2 atom stereocenters. The van der Waals surface area contributed by atoms with Crippen molar-refractivity contribution in [3.05, 3.63) is 89.2 Å². The summed E-state index contributed by atoms with van der Waals surface area (Å²) in [7, 11) is 0. The minimum absolute atomic E-state index is 0.0350. The molecule has 0 spiro atoms. The Hall–Kier alpha value is -3.10. The molecule has 3 N–H and O–H groups in total. The maximum absolute atomic E-state index is 13.5. The van der Waals surface area contributed by atoms with Crippen LogP contribution in [0, 0.1) is 11.6 Å². The van der Waals surface area contributed by atoms with Gasteiger partial charge in [-0.1, -0.05) is 31.2 Å². The molecule has 0 radical (unpaired) electrons. The number of benzene rings is 2. The van der Waals surface area contributed by atoms with Gasteiger partial charge in [-0.15, -0.1) is 0 Å². The number of aromatic nitrogens is 2. The third-order valence-corrected chi connectivity index (χ3v) is 6.01. The van der Waals surface area contributed by atoms with E-state index >= 15 is 0 Å². The first-order valence-corrected chi connectivity index (χ1v) is 12.1. The molecular weight excluding hydrogens is 450 g/mol. The molecule has 0 fully saturated rings. The van der Waals surface area contributed by atoms with E-state index in [9.17, 15) is 18.7 Å². The van der Waals surface area contributed by atoms with Crippen molar-refractivity contribution in [2.45, 2.75) is 64.3 Å². The largest absolute Gasteiger partial charge is 0.390 e. The number of nitrogens with zero attached hydrogens (tertiary/aromatic N) is 3. The average molecular weight is 485 g/mol. The molecule has 0 aliphatic rings. The highest BCUT2D eigenvalue weighted by Crippen LogP contribution is 2.15. The quantitative estimate of drug-likeness (QED) is 0.361. The second kappa shape index (κ2) is 13.1. The van der Waals surface area contributed by atoms with E-state index in [1.54, 1.807) is 11.1 Å². The number of carbonyl (C=O) groups is 1. The van der Waals surface area contributed by atoms with Crippen LogP contribution in [-0.2, 0) is 30.7 Å². The fourth-order valence-electron chi connectivity index (χ4n) is 4.06. The molecule has 2 unspecified atom stereocenters. The van der Waals surface area contributed by atoms with Gasteiger partial charge in [-0.2, -0.15) is 5.10 Å². The lowest BCUT2D eigenvalue weighted by atomic mass is 10.0. The number of nitrogens with two attached hydrogens (primary N) is 1. The number of aryl methyl sites for hydroxylation is 2. The van der Waals surface area contributed by atoms with Gasteiger partial charge in [0.25, 0.3) is 0 Å².